The van der Waals surface area contributed by atoms with Gasteiger partial charge in [-0.1, -0.05) is 24.3 Å². The van der Waals surface area contributed by atoms with Gasteiger partial charge in [0.15, 0.2) is 0 Å². The standard InChI is InChI=1S/C20H20N4O3/c1-24-20-18(19(23-24)15-7-4-5-9-21-15)14(12-17(26)22-20)13-6-2-3-8-16(13)27-11-10-25/h2-9,14,25H,10-12H2,1H3,(H,22,26). The number of rotatable bonds is 5. The van der Waals surface area contributed by atoms with Crippen LogP contribution in [0.3, 0.4) is 0 Å². The molecular weight excluding hydrogens is 344 g/mol. The van der Waals surface area contributed by atoms with Crippen LogP contribution in [0.15, 0.2) is 48.7 Å². The summed E-state index contributed by atoms with van der Waals surface area (Å²) in [6.45, 7) is 0.125. The number of aliphatic hydroxyl groups excluding tert-OH is 1. The molecule has 1 aliphatic heterocycles. The monoisotopic (exact) mass is 364 g/mol. The second-order valence-electron chi connectivity index (χ2n) is 6.36. The van der Waals surface area contributed by atoms with Crippen molar-refractivity contribution < 1.29 is 14.6 Å². The van der Waals surface area contributed by atoms with Crippen molar-refractivity contribution in [2.45, 2.75) is 12.3 Å². The lowest BCUT2D eigenvalue weighted by atomic mass is 9.84. The van der Waals surface area contributed by atoms with E-state index in [2.05, 4.69) is 15.4 Å². The Labute approximate surface area is 156 Å². The summed E-state index contributed by atoms with van der Waals surface area (Å²) in [7, 11) is 1.81. The van der Waals surface area contributed by atoms with Crippen LogP contribution in [0.25, 0.3) is 11.4 Å². The zero-order valence-electron chi connectivity index (χ0n) is 14.9. The molecule has 1 aliphatic rings. The molecule has 1 amide bonds. The number of carbonyl (C=O) groups excluding carboxylic acids is 1. The number of carbonyl (C=O) groups is 1. The number of aromatic nitrogens is 3. The van der Waals surface area contributed by atoms with Gasteiger partial charge < -0.3 is 15.2 Å². The molecule has 0 bridgehead atoms. The Morgan fingerprint density at radius 2 is 2.07 bits per heavy atom. The smallest absolute Gasteiger partial charge is 0.226 e. The van der Waals surface area contributed by atoms with Gasteiger partial charge in [0.1, 0.15) is 23.9 Å². The molecule has 1 aromatic carbocycles. The highest BCUT2D eigenvalue weighted by atomic mass is 16.5. The SMILES string of the molecule is Cn1nc(-c2ccccn2)c2c1NC(=O)CC2c1ccccc1OCCO. The van der Waals surface area contributed by atoms with Crippen LogP contribution >= 0.6 is 0 Å². The van der Waals surface area contributed by atoms with Gasteiger partial charge in [0.2, 0.25) is 5.91 Å². The van der Waals surface area contributed by atoms with Gasteiger partial charge in [0, 0.05) is 36.7 Å². The lowest BCUT2D eigenvalue weighted by Crippen LogP contribution is -2.25. The van der Waals surface area contributed by atoms with Crippen molar-refractivity contribution in [1.29, 1.82) is 0 Å². The average Bonchev–Trinajstić information content (AvgIpc) is 3.03. The molecule has 1 unspecified atom stereocenters. The zero-order chi connectivity index (χ0) is 18.8. The summed E-state index contributed by atoms with van der Waals surface area (Å²) in [4.78, 5) is 16.8. The minimum Gasteiger partial charge on any atom is -0.491 e. The summed E-state index contributed by atoms with van der Waals surface area (Å²) < 4.78 is 7.40. The Morgan fingerprint density at radius 1 is 1.26 bits per heavy atom. The molecule has 0 radical (unpaired) electrons. The second-order valence-corrected chi connectivity index (χ2v) is 6.36. The van der Waals surface area contributed by atoms with E-state index in [0.29, 0.717) is 11.6 Å². The number of anilines is 1. The highest BCUT2D eigenvalue weighted by Crippen LogP contribution is 2.44. The molecule has 3 heterocycles. The third-order valence-electron chi connectivity index (χ3n) is 4.63. The predicted octanol–water partition coefficient (Wildman–Crippen LogP) is 2.33. The number of benzene rings is 1. The van der Waals surface area contributed by atoms with Crippen molar-refractivity contribution in [1.82, 2.24) is 14.8 Å². The van der Waals surface area contributed by atoms with Crippen LogP contribution in [-0.2, 0) is 11.8 Å². The van der Waals surface area contributed by atoms with Crippen molar-refractivity contribution in [3.63, 3.8) is 0 Å². The van der Waals surface area contributed by atoms with Crippen molar-refractivity contribution in [3.05, 3.63) is 59.8 Å². The number of aryl methyl sites for hydroxylation is 1. The summed E-state index contributed by atoms with van der Waals surface area (Å²) in [5.41, 5.74) is 3.32. The fourth-order valence-corrected chi connectivity index (χ4v) is 3.50. The summed E-state index contributed by atoms with van der Waals surface area (Å²) in [6, 6.07) is 13.3. The normalized spacial score (nSPS) is 15.9. The maximum Gasteiger partial charge on any atom is 0.226 e. The molecule has 7 heteroatoms. The van der Waals surface area contributed by atoms with Crippen LogP contribution in [0.1, 0.15) is 23.5 Å². The molecule has 0 fully saturated rings. The van der Waals surface area contributed by atoms with E-state index in [0.717, 1.165) is 22.5 Å². The molecule has 2 aromatic heterocycles. The van der Waals surface area contributed by atoms with Crippen LogP contribution in [0.2, 0.25) is 0 Å². The predicted molar refractivity (Wildman–Crippen MR) is 101 cm³/mol. The molecule has 0 saturated carbocycles. The molecule has 3 aromatic rings. The van der Waals surface area contributed by atoms with Gasteiger partial charge >= 0.3 is 0 Å². The molecule has 27 heavy (non-hydrogen) atoms. The van der Waals surface area contributed by atoms with E-state index in [4.69, 9.17) is 9.84 Å². The molecule has 4 rings (SSSR count). The van der Waals surface area contributed by atoms with E-state index in [1.807, 2.05) is 49.5 Å². The van der Waals surface area contributed by atoms with E-state index in [1.54, 1.807) is 10.9 Å². The Kier molecular flexibility index (Phi) is 4.60. The first-order valence-electron chi connectivity index (χ1n) is 8.79. The van der Waals surface area contributed by atoms with Crippen molar-refractivity contribution in [3.8, 4) is 17.1 Å². The first kappa shape index (κ1) is 17.2. The lowest BCUT2D eigenvalue weighted by Gasteiger charge is -2.25. The molecule has 0 spiro atoms. The largest absolute Gasteiger partial charge is 0.491 e. The van der Waals surface area contributed by atoms with Gasteiger partial charge in [-0.15, -0.1) is 0 Å². The Balaban J connectivity index is 1.88. The van der Waals surface area contributed by atoms with Crippen molar-refractivity contribution in [2.24, 2.45) is 7.05 Å². The number of hydrogen-bond acceptors (Lipinski definition) is 5. The fourth-order valence-electron chi connectivity index (χ4n) is 3.50. The number of aliphatic hydroxyl groups is 1. The quantitative estimate of drug-likeness (QED) is 0.725. The molecule has 0 aliphatic carbocycles. The summed E-state index contributed by atoms with van der Waals surface area (Å²) in [5, 5.41) is 16.7. The second kappa shape index (κ2) is 7.20. The van der Waals surface area contributed by atoms with Gasteiger partial charge in [-0.05, 0) is 18.2 Å². The highest BCUT2D eigenvalue weighted by Gasteiger charge is 2.35. The Bertz CT molecular complexity index is 969. The van der Waals surface area contributed by atoms with Gasteiger partial charge in [-0.2, -0.15) is 5.10 Å². The van der Waals surface area contributed by atoms with Gasteiger partial charge in [0.25, 0.3) is 0 Å². The third-order valence-corrected chi connectivity index (χ3v) is 4.63. The summed E-state index contributed by atoms with van der Waals surface area (Å²) in [6.07, 6.45) is 2.02. The van der Waals surface area contributed by atoms with Crippen molar-refractivity contribution in [2.75, 3.05) is 18.5 Å². The summed E-state index contributed by atoms with van der Waals surface area (Å²) in [5.74, 6) is 1.05. The zero-order valence-corrected chi connectivity index (χ0v) is 14.9. The van der Waals surface area contributed by atoms with E-state index >= 15 is 0 Å². The van der Waals surface area contributed by atoms with Gasteiger partial charge in [-0.25, -0.2) is 0 Å². The molecule has 2 N–H and O–H groups in total. The van der Waals surface area contributed by atoms with Crippen LogP contribution in [0, 0.1) is 0 Å². The molecular formula is C20H20N4O3. The number of ether oxygens (including phenoxy) is 1. The van der Waals surface area contributed by atoms with Crippen LogP contribution < -0.4 is 10.1 Å². The van der Waals surface area contributed by atoms with Crippen LogP contribution in [0.4, 0.5) is 5.82 Å². The number of hydrogen-bond donors (Lipinski definition) is 2. The Morgan fingerprint density at radius 3 is 2.85 bits per heavy atom. The number of nitrogens with zero attached hydrogens (tertiary/aromatic N) is 3. The molecule has 0 saturated heterocycles. The van der Waals surface area contributed by atoms with E-state index in [9.17, 15) is 4.79 Å². The first-order chi connectivity index (χ1) is 13.2. The number of para-hydroxylation sites is 1. The van der Waals surface area contributed by atoms with Crippen molar-refractivity contribution >= 4 is 11.7 Å². The maximum atomic E-state index is 12.4. The van der Waals surface area contributed by atoms with E-state index in [-0.39, 0.29) is 31.5 Å². The van der Waals surface area contributed by atoms with Crippen LogP contribution in [-0.4, -0.2) is 39.0 Å². The molecule has 138 valence electrons. The number of pyridine rings is 1. The van der Waals surface area contributed by atoms with Gasteiger partial charge in [-0.3, -0.25) is 14.5 Å². The topological polar surface area (TPSA) is 89.3 Å². The number of amides is 1. The highest BCUT2D eigenvalue weighted by molar-refractivity contribution is 5.96. The maximum absolute atomic E-state index is 12.4. The Hall–Kier alpha value is -3.19. The molecule has 1 atom stereocenters. The number of nitrogens with one attached hydrogen (secondary N) is 1. The molecule has 7 nitrogen and oxygen atoms in total. The third kappa shape index (κ3) is 3.17. The number of fused-ring (bicyclic) bond motifs is 1. The minimum absolute atomic E-state index is 0.0694. The fraction of sp³-hybridized carbons (Fsp3) is 0.250. The lowest BCUT2D eigenvalue weighted by molar-refractivity contribution is -0.116. The van der Waals surface area contributed by atoms with Gasteiger partial charge in [0.05, 0.1) is 12.3 Å². The first-order valence-corrected chi connectivity index (χ1v) is 8.79. The van der Waals surface area contributed by atoms with E-state index in [1.165, 1.54) is 0 Å². The van der Waals surface area contributed by atoms with Crippen LogP contribution in [0.5, 0.6) is 5.75 Å². The average molecular weight is 364 g/mol. The van der Waals surface area contributed by atoms with E-state index < -0.39 is 0 Å². The minimum atomic E-state index is -0.214. The summed E-state index contributed by atoms with van der Waals surface area (Å²) >= 11 is 0.